The van der Waals surface area contributed by atoms with Crippen LogP contribution in [0.25, 0.3) is 22.2 Å². The number of aromatic amines is 1. The van der Waals surface area contributed by atoms with E-state index in [-0.39, 0.29) is 11.8 Å². The van der Waals surface area contributed by atoms with Crippen LogP contribution in [0.15, 0.2) is 66.7 Å². The molecule has 1 aromatic heterocycles. The van der Waals surface area contributed by atoms with Crippen molar-refractivity contribution in [2.75, 3.05) is 31.6 Å². The predicted octanol–water partition coefficient (Wildman–Crippen LogP) is 5.07. The number of rotatable bonds is 4. The number of hydrogen-bond donors (Lipinski definition) is 3. The molecule has 41 heavy (non-hydrogen) atoms. The van der Waals surface area contributed by atoms with Gasteiger partial charge < -0.3 is 15.2 Å². The standard InChI is InChI=1S/C28H26N4O2.C2HF3O2/c33-27-28(22-6-1-2-7-24(22)29-27)16-23(28)19-8-9-21-25(15-19)30-31-26(21)20-5-3-4-18(14-20)17-32-10-12-34-13-11-32;3-2(4,5)1(6)7/h1-9,14-15,23H,10-13,16-17H2,(H,29,33)(H,30,31);(H,6,7). The number of ether oxygens (including phenoxy) is 1. The summed E-state index contributed by atoms with van der Waals surface area (Å²) in [5.74, 6) is -2.43. The van der Waals surface area contributed by atoms with Crippen LogP contribution in [0, 0.1) is 0 Å². The maximum atomic E-state index is 12.9. The molecule has 7 rings (SSSR count). The van der Waals surface area contributed by atoms with E-state index in [2.05, 4.69) is 68.9 Å². The third-order valence-corrected chi connectivity index (χ3v) is 7.96. The summed E-state index contributed by atoms with van der Waals surface area (Å²) in [5, 5.41) is 19.2. The van der Waals surface area contributed by atoms with Crippen LogP contribution < -0.4 is 5.32 Å². The molecule has 3 aromatic carbocycles. The fraction of sp³-hybridized carbons (Fsp3) is 0.300. The summed E-state index contributed by atoms with van der Waals surface area (Å²) < 4.78 is 37.2. The lowest BCUT2D eigenvalue weighted by atomic mass is 9.91. The third kappa shape index (κ3) is 5.07. The SMILES string of the molecule is O=C(O)C(F)(F)F.O=C1Nc2ccccc2C12CC2c1ccc2c(-c3cccc(CN4CCOCC4)c3)n[nH]c2c1. The molecular formula is C30H27F3N4O4. The highest BCUT2D eigenvalue weighted by atomic mass is 19.4. The number of amides is 1. The van der Waals surface area contributed by atoms with Gasteiger partial charge in [-0.05, 0) is 41.3 Å². The molecule has 1 spiro atoms. The molecule has 3 aliphatic rings. The van der Waals surface area contributed by atoms with Gasteiger partial charge in [0.05, 0.1) is 29.8 Å². The number of carbonyl (C=O) groups excluding carboxylic acids is 1. The maximum Gasteiger partial charge on any atom is 0.490 e. The second-order valence-corrected chi connectivity index (χ2v) is 10.5. The van der Waals surface area contributed by atoms with Crippen molar-refractivity contribution >= 4 is 28.5 Å². The Hall–Kier alpha value is -4.22. The number of alkyl halides is 3. The van der Waals surface area contributed by atoms with Gasteiger partial charge in [-0.1, -0.05) is 48.5 Å². The first-order chi connectivity index (χ1) is 19.7. The molecule has 2 aliphatic heterocycles. The first-order valence-corrected chi connectivity index (χ1v) is 13.3. The molecule has 3 N–H and O–H groups in total. The Kier molecular flexibility index (Phi) is 6.79. The molecule has 4 aromatic rings. The molecule has 3 heterocycles. The van der Waals surface area contributed by atoms with Gasteiger partial charge in [0, 0.05) is 42.2 Å². The zero-order chi connectivity index (χ0) is 28.8. The van der Waals surface area contributed by atoms with Crippen LogP contribution >= 0.6 is 0 Å². The van der Waals surface area contributed by atoms with Crippen LogP contribution in [0.4, 0.5) is 18.9 Å². The molecule has 8 nitrogen and oxygen atoms in total. The quantitative estimate of drug-likeness (QED) is 0.320. The Bertz CT molecular complexity index is 1630. The van der Waals surface area contributed by atoms with Gasteiger partial charge in [0.1, 0.15) is 0 Å². The Morgan fingerprint density at radius 3 is 2.59 bits per heavy atom. The molecule has 11 heteroatoms. The topological polar surface area (TPSA) is 108 Å². The number of nitrogens with one attached hydrogen (secondary N) is 2. The molecule has 212 valence electrons. The monoisotopic (exact) mass is 564 g/mol. The van der Waals surface area contributed by atoms with Gasteiger partial charge in [0.25, 0.3) is 0 Å². The van der Waals surface area contributed by atoms with E-state index >= 15 is 0 Å². The number of aliphatic carboxylic acids is 1. The molecule has 1 aliphatic carbocycles. The van der Waals surface area contributed by atoms with Gasteiger partial charge in [-0.15, -0.1) is 0 Å². The van der Waals surface area contributed by atoms with Crippen molar-refractivity contribution in [3.8, 4) is 11.3 Å². The normalized spacial score (nSPS) is 21.7. The average molecular weight is 565 g/mol. The Morgan fingerprint density at radius 2 is 1.83 bits per heavy atom. The number of fused-ring (bicyclic) bond motifs is 3. The second kappa shape index (κ2) is 10.3. The van der Waals surface area contributed by atoms with E-state index in [0.29, 0.717) is 0 Å². The first-order valence-electron chi connectivity index (χ1n) is 13.3. The van der Waals surface area contributed by atoms with Gasteiger partial charge in [-0.2, -0.15) is 18.3 Å². The van der Waals surface area contributed by atoms with Gasteiger partial charge in [-0.3, -0.25) is 14.8 Å². The van der Waals surface area contributed by atoms with E-state index in [9.17, 15) is 18.0 Å². The molecule has 1 amide bonds. The van der Waals surface area contributed by atoms with Crippen molar-refractivity contribution < 1.29 is 32.6 Å². The minimum atomic E-state index is -5.08. The molecule has 1 saturated heterocycles. The number of hydrogen-bond acceptors (Lipinski definition) is 5. The minimum absolute atomic E-state index is 0.126. The van der Waals surface area contributed by atoms with Crippen LogP contribution in [0.1, 0.15) is 29.0 Å². The van der Waals surface area contributed by atoms with Crippen molar-refractivity contribution in [3.63, 3.8) is 0 Å². The van der Waals surface area contributed by atoms with E-state index < -0.39 is 17.6 Å². The highest BCUT2D eigenvalue weighted by Crippen LogP contribution is 2.65. The van der Waals surface area contributed by atoms with Gasteiger partial charge in [0.2, 0.25) is 5.91 Å². The van der Waals surface area contributed by atoms with Crippen molar-refractivity contribution in [1.82, 2.24) is 15.1 Å². The summed E-state index contributed by atoms with van der Waals surface area (Å²) in [5.41, 5.74) is 7.26. The lowest BCUT2D eigenvalue weighted by Gasteiger charge is -2.26. The number of aromatic nitrogens is 2. The minimum Gasteiger partial charge on any atom is -0.475 e. The van der Waals surface area contributed by atoms with Gasteiger partial charge >= 0.3 is 12.1 Å². The highest BCUT2D eigenvalue weighted by Gasteiger charge is 2.65. The predicted molar refractivity (Wildman–Crippen MR) is 145 cm³/mol. The van der Waals surface area contributed by atoms with Crippen LogP contribution in [0.3, 0.4) is 0 Å². The molecule has 2 atom stereocenters. The second-order valence-electron chi connectivity index (χ2n) is 10.5. The van der Waals surface area contributed by atoms with Crippen LogP contribution in [0.2, 0.25) is 0 Å². The maximum absolute atomic E-state index is 12.9. The Balaban J connectivity index is 0.000000387. The average Bonchev–Trinajstić information content (AvgIpc) is 3.47. The number of carboxylic acid groups (broad SMARTS) is 1. The van der Waals surface area contributed by atoms with Crippen LogP contribution in [-0.4, -0.2) is 64.6 Å². The van der Waals surface area contributed by atoms with E-state index in [4.69, 9.17) is 14.6 Å². The third-order valence-electron chi connectivity index (χ3n) is 7.96. The molecule has 2 unspecified atom stereocenters. The lowest BCUT2D eigenvalue weighted by molar-refractivity contribution is -0.192. The van der Waals surface area contributed by atoms with Crippen molar-refractivity contribution in [3.05, 3.63) is 83.4 Å². The van der Waals surface area contributed by atoms with Crippen LogP contribution in [0.5, 0.6) is 0 Å². The van der Waals surface area contributed by atoms with E-state index in [0.717, 1.165) is 72.7 Å². The summed E-state index contributed by atoms with van der Waals surface area (Å²) in [6, 6.07) is 23.3. The summed E-state index contributed by atoms with van der Waals surface area (Å²) in [6.45, 7) is 4.49. The smallest absolute Gasteiger partial charge is 0.475 e. The van der Waals surface area contributed by atoms with Gasteiger partial charge in [0.15, 0.2) is 0 Å². The van der Waals surface area contributed by atoms with Crippen molar-refractivity contribution in [2.24, 2.45) is 0 Å². The number of nitrogens with zero attached hydrogens (tertiary/aromatic N) is 2. The molecule has 0 radical (unpaired) electrons. The summed E-state index contributed by atoms with van der Waals surface area (Å²) in [4.78, 5) is 24.2. The number of anilines is 1. The van der Waals surface area contributed by atoms with Crippen molar-refractivity contribution in [2.45, 2.75) is 30.5 Å². The summed E-state index contributed by atoms with van der Waals surface area (Å²) in [6.07, 6.45) is -4.23. The number of halogens is 3. The van der Waals surface area contributed by atoms with E-state index in [1.54, 1.807) is 0 Å². The first kappa shape index (κ1) is 27.0. The molecular weight excluding hydrogens is 537 g/mol. The van der Waals surface area contributed by atoms with E-state index in [1.165, 1.54) is 11.1 Å². The molecule has 0 bridgehead atoms. The number of H-pyrrole nitrogens is 1. The van der Waals surface area contributed by atoms with Crippen LogP contribution in [-0.2, 0) is 26.3 Å². The molecule has 2 fully saturated rings. The van der Waals surface area contributed by atoms with Gasteiger partial charge in [-0.25, -0.2) is 4.79 Å². The number of para-hydroxylation sites is 1. The number of morpholine rings is 1. The highest BCUT2D eigenvalue weighted by molar-refractivity contribution is 6.10. The zero-order valence-corrected chi connectivity index (χ0v) is 21.9. The number of carbonyl (C=O) groups is 2. The van der Waals surface area contributed by atoms with E-state index in [1.807, 2.05) is 18.2 Å². The number of benzene rings is 3. The Labute approximate surface area is 233 Å². The zero-order valence-electron chi connectivity index (χ0n) is 21.9. The van der Waals surface area contributed by atoms with Crippen molar-refractivity contribution in [1.29, 1.82) is 0 Å². The molecule has 1 saturated carbocycles. The fourth-order valence-corrected chi connectivity index (χ4v) is 5.86. The summed E-state index contributed by atoms with van der Waals surface area (Å²) >= 11 is 0. The Morgan fingerprint density at radius 1 is 1.07 bits per heavy atom. The lowest BCUT2D eigenvalue weighted by Crippen LogP contribution is -2.35. The number of carboxylic acids is 1. The summed E-state index contributed by atoms with van der Waals surface area (Å²) in [7, 11) is 0. The largest absolute Gasteiger partial charge is 0.490 e. The fourth-order valence-electron chi connectivity index (χ4n) is 5.86.